The second kappa shape index (κ2) is 5.56. The fourth-order valence-corrected chi connectivity index (χ4v) is 1.57. The van der Waals surface area contributed by atoms with Gasteiger partial charge in [-0.2, -0.15) is 0 Å². The zero-order valence-corrected chi connectivity index (χ0v) is 7.22. The third-order valence-corrected chi connectivity index (χ3v) is 2.32. The fourth-order valence-electron chi connectivity index (χ4n) is 1.57. The Morgan fingerprint density at radius 3 is 1.45 bits per heavy atom. The molecule has 0 saturated carbocycles. The summed E-state index contributed by atoms with van der Waals surface area (Å²) >= 11 is 0. The van der Waals surface area contributed by atoms with Gasteiger partial charge in [-0.3, -0.25) is 0 Å². The van der Waals surface area contributed by atoms with E-state index in [9.17, 15) is 5.21 Å². The highest BCUT2D eigenvalue weighted by Gasteiger charge is 1.97. The van der Waals surface area contributed by atoms with Crippen LogP contribution in [0.5, 0.6) is 0 Å². The van der Waals surface area contributed by atoms with E-state index in [1.165, 1.54) is 37.2 Å². The predicted octanol–water partition coefficient (Wildman–Crippen LogP) is 2.53. The quantitative estimate of drug-likeness (QED) is 0.538. The molecule has 1 rings (SSSR count). The van der Waals surface area contributed by atoms with Crippen molar-refractivity contribution >= 4 is 0 Å². The third-order valence-electron chi connectivity index (χ3n) is 2.32. The van der Waals surface area contributed by atoms with Crippen molar-refractivity contribution < 1.29 is 0 Å². The average Bonchev–Trinajstić information content (AvgIpc) is 2.03. The molecule has 0 aromatic carbocycles. The molecule has 0 spiro atoms. The van der Waals surface area contributed by atoms with Crippen LogP contribution >= 0.6 is 0 Å². The predicted molar refractivity (Wildman–Crippen MR) is 47.3 cm³/mol. The molecule has 2 nitrogen and oxygen atoms in total. The minimum Gasteiger partial charge on any atom is -0.785 e. The van der Waals surface area contributed by atoms with Gasteiger partial charge in [0.2, 0.25) is 0 Å². The van der Waals surface area contributed by atoms with Gasteiger partial charge in [0.25, 0.3) is 0 Å². The molecule has 0 atom stereocenters. The van der Waals surface area contributed by atoms with Gasteiger partial charge < -0.3 is 10.3 Å². The summed E-state index contributed by atoms with van der Waals surface area (Å²) in [4.78, 5) is 0. The number of rotatable bonds is 0. The summed E-state index contributed by atoms with van der Waals surface area (Å²) in [5.74, 6) is 0. The summed E-state index contributed by atoms with van der Waals surface area (Å²) in [6.45, 7) is 1.53. The first kappa shape index (κ1) is 9.01. The number of hydrogen-bond acceptors (Lipinski definition) is 2. The van der Waals surface area contributed by atoms with Crippen LogP contribution in [0, 0.1) is 5.21 Å². The van der Waals surface area contributed by atoms with Gasteiger partial charge >= 0.3 is 0 Å². The summed E-state index contributed by atoms with van der Waals surface area (Å²) in [5.41, 5.74) is 0. The minimum atomic E-state index is 0.764. The van der Waals surface area contributed by atoms with Gasteiger partial charge in [0.05, 0.1) is 0 Å². The van der Waals surface area contributed by atoms with Crippen LogP contribution in [0.3, 0.4) is 0 Å². The first-order valence-electron chi connectivity index (χ1n) is 4.82. The van der Waals surface area contributed by atoms with Gasteiger partial charge in [0.15, 0.2) is 0 Å². The second-order valence-corrected chi connectivity index (χ2v) is 3.40. The van der Waals surface area contributed by atoms with Crippen molar-refractivity contribution in [3.05, 3.63) is 5.21 Å². The summed E-state index contributed by atoms with van der Waals surface area (Å²) < 4.78 is 0. The van der Waals surface area contributed by atoms with E-state index in [0.717, 1.165) is 25.9 Å². The van der Waals surface area contributed by atoms with Gasteiger partial charge in [-0.15, -0.1) is 0 Å². The topological polar surface area (TPSA) is 26.3 Å². The van der Waals surface area contributed by atoms with Crippen molar-refractivity contribution in [2.24, 2.45) is 0 Å². The van der Waals surface area contributed by atoms with Gasteiger partial charge in [-0.25, -0.2) is 0 Å². The summed E-state index contributed by atoms with van der Waals surface area (Å²) in [7, 11) is 0. The standard InChI is InChI=1S/C9H18NO/c11-10-8-6-4-2-1-3-5-7-9-10/h1-9H2/q-1. The molecule has 11 heavy (non-hydrogen) atoms. The van der Waals surface area contributed by atoms with Crippen molar-refractivity contribution in [3.8, 4) is 0 Å². The fraction of sp³-hybridized carbons (Fsp3) is 1.00. The van der Waals surface area contributed by atoms with Gasteiger partial charge in [-0.05, 0) is 25.9 Å². The first-order chi connectivity index (χ1) is 5.39. The number of nitrogens with zero attached hydrogens (tertiary/aromatic N) is 1. The Hall–Kier alpha value is -0.0800. The molecule has 0 aromatic heterocycles. The van der Waals surface area contributed by atoms with Crippen molar-refractivity contribution in [2.75, 3.05) is 13.1 Å². The molecular weight excluding hydrogens is 138 g/mol. The lowest BCUT2D eigenvalue weighted by atomic mass is 10.1. The second-order valence-electron chi connectivity index (χ2n) is 3.40. The third kappa shape index (κ3) is 4.38. The molecule has 0 aliphatic carbocycles. The van der Waals surface area contributed by atoms with Crippen LogP contribution in [-0.2, 0) is 0 Å². The highest BCUT2D eigenvalue weighted by molar-refractivity contribution is 4.60. The van der Waals surface area contributed by atoms with Crippen LogP contribution in [0.4, 0.5) is 0 Å². The molecule has 2 heteroatoms. The smallest absolute Gasteiger partial charge is 0.0145 e. The maximum absolute atomic E-state index is 11.0. The van der Waals surface area contributed by atoms with Crippen molar-refractivity contribution in [1.29, 1.82) is 0 Å². The Labute approximate surface area is 69.2 Å². The van der Waals surface area contributed by atoms with E-state index in [1.54, 1.807) is 0 Å². The molecule has 1 saturated heterocycles. The first-order valence-corrected chi connectivity index (χ1v) is 4.82. The molecule has 0 N–H and O–H groups in total. The molecule has 1 fully saturated rings. The van der Waals surface area contributed by atoms with Gasteiger partial charge in [0, 0.05) is 0 Å². The summed E-state index contributed by atoms with van der Waals surface area (Å²) in [5, 5.41) is 12.2. The minimum absolute atomic E-state index is 0.764. The zero-order chi connectivity index (χ0) is 7.94. The molecule has 1 aliphatic rings. The Morgan fingerprint density at radius 1 is 0.636 bits per heavy atom. The summed E-state index contributed by atoms with van der Waals surface area (Å²) in [6.07, 6.45) is 8.73. The molecule has 0 unspecified atom stereocenters. The molecule has 0 amide bonds. The highest BCUT2D eigenvalue weighted by Crippen LogP contribution is 2.10. The normalized spacial score (nSPS) is 24.8. The molecule has 1 heterocycles. The zero-order valence-electron chi connectivity index (χ0n) is 7.22. The average molecular weight is 156 g/mol. The Morgan fingerprint density at radius 2 is 1.00 bits per heavy atom. The molecule has 66 valence electrons. The van der Waals surface area contributed by atoms with Crippen LogP contribution in [-0.4, -0.2) is 18.2 Å². The summed E-state index contributed by atoms with van der Waals surface area (Å²) in [6, 6.07) is 0. The molecule has 0 aromatic rings. The van der Waals surface area contributed by atoms with Crippen LogP contribution in [0.1, 0.15) is 44.9 Å². The van der Waals surface area contributed by atoms with Gasteiger partial charge in [-0.1, -0.05) is 32.1 Å². The molecule has 0 bridgehead atoms. The Bertz CT molecular complexity index is 85.6. The Balaban J connectivity index is 2.12. The monoisotopic (exact) mass is 156 g/mol. The molecular formula is C9H18NO-. The molecule has 0 radical (unpaired) electrons. The van der Waals surface area contributed by atoms with E-state index in [4.69, 9.17) is 0 Å². The Kier molecular flexibility index (Phi) is 4.55. The lowest BCUT2D eigenvalue weighted by Gasteiger charge is -2.28. The van der Waals surface area contributed by atoms with Gasteiger partial charge in [0.1, 0.15) is 0 Å². The SMILES string of the molecule is [O-]N1CCCCCCCCC1. The lowest BCUT2D eigenvalue weighted by Crippen LogP contribution is -2.19. The highest BCUT2D eigenvalue weighted by atomic mass is 16.5. The van der Waals surface area contributed by atoms with E-state index in [1.807, 2.05) is 0 Å². The van der Waals surface area contributed by atoms with E-state index in [-0.39, 0.29) is 0 Å². The van der Waals surface area contributed by atoms with Crippen LogP contribution in [0.2, 0.25) is 0 Å². The van der Waals surface area contributed by atoms with E-state index < -0.39 is 0 Å². The van der Waals surface area contributed by atoms with Crippen LogP contribution in [0.15, 0.2) is 0 Å². The van der Waals surface area contributed by atoms with Crippen LogP contribution in [0.25, 0.3) is 0 Å². The van der Waals surface area contributed by atoms with Crippen LogP contribution < -0.4 is 0 Å². The van der Waals surface area contributed by atoms with E-state index in [2.05, 4.69) is 0 Å². The maximum Gasteiger partial charge on any atom is -0.0145 e. The number of hydrogen-bond donors (Lipinski definition) is 0. The van der Waals surface area contributed by atoms with E-state index >= 15 is 0 Å². The largest absolute Gasteiger partial charge is 0.785 e. The number of hydroxylamine groups is 2. The van der Waals surface area contributed by atoms with E-state index in [0.29, 0.717) is 0 Å². The maximum atomic E-state index is 11.0. The molecule has 1 aliphatic heterocycles. The van der Waals surface area contributed by atoms with Crippen molar-refractivity contribution in [1.82, 2.24) is 5.06 Å². The van der Waals surface area contributed by atoms with Crippen molar-refractivity contribution in [3.63, 3.8) is 0 Å². The van der Waals surface area contributed by atoms with Crippen molar-refractivity contribution in [2.45, 2.75) is 44.9 Å². The lowest BCUT2D eigenvalue weighted by molar-refractivity contribution is 0.341.